The smallest absolute Gasteiger partial charge is 0.244 e. The van der Waals surface area contributed by atoms with E-state index in [-0.39, 0.29) is 23.3 Å². The van der Waals surface area contributed by atoms with E-state index in [4.69, 9.17) is 17.3 Å². The largest absolute Gasteiger partial charge is 0.327 e. The summed E-state index contributed by atoms with van der Waals surface area (Å²) in [6.45, 7) is 1.11. The molecule has 0 radical (unpaired) electrons. The highest BCUT2D eigenvalue weighted by molar-refractivity contribution is 9.10. The number of nitrogens with zero attached hydrogens (tertiary/aromatic N) is 1. The molecular formula is C13H17BrCl2N2O2S. The molecule has 3 atom stereocenters. The van der Waals surface area contributed by atoms with Crippen molar-refractivity contribution in [2.45, 2.75) is 23.8 Å². The van der Waals surface area contributed by atoms with Gasteiger partial charge in [-0.15, -0.1) is 12.4 Å². The monoisotopic (exact) mass is 414 g/mol. The maximum Gasteiger partial charge on any atom is 0.244 e. The van der Waals surface area contributed by atoms with Crippen LogP contribution in [-0.2, 0) is 10.0 Å². The van der Waals surface area contributed by atoms with E-state index in [1.165, 1.54) is 0 Å². The van der Waals surface area contributed by atoms with Crippen molar-refractivity contribution in [1.29, 1.82) is 0 Å². The van der Waals surface area contributed by atoms with Gasteiger partial charge in [0.15, 0.2) is 0 Å². The Labute approximate surface area is 144 Å². The lowest BCUT2D eigenvalue weighted by Gasteiger charge is -2.19. The average molecular weight is 416 g/mol. The van der Waals surface area contributed by atoms with Gasteiger partial charge in [0, 0.05) is 28.6 Å². The van der Waals surface area contributed by atoms with Crippen LogP contribution in [0.2, 0.25) is 5.02 Å². The van der Waals surface area contributed by atoms with Crippen molar-refractivity contribution >= 4 is 50.0 Å². The Kier molecular flexibility index (Phi) is 5.28. The molecule has 118 valence electrons. The minimum Gasteiger partial charge on any atom is -0.327 e. The molecule has 1 aliphatic carbocycles. The number of hydrogen-bond donors (Lipinski definition) is 1. The van der Waals surface area contributed by atoms with E-state index in [1.54, 1.807) is 22.5 Å². The Hall–Kier alpha value is 0.150. The van der Waals surface area contributed by atoms with E-state index < -0.39 is 10.0 Å². The third kappa shape index (κ3) is 3.12. The van der Waals surface area contributed by atoms with E-state index in [2.05, 4.69) is 15.9 Å². The van der Waals surface area contributed by atoms with Crippen LogP contribution in [0.3, 0.4) is 0 Å². The van der Waals surface area contributed by atoms with Crippen LogP contribution in [0.5, 0.6) is 0 Å². The number of rotatable bonds is 2. The van der Waals surface area contributed by atoms with Crippen molar-refractivity contribution in [3.05, 3.63) is 27.7 Å². The molecule has 4 nitrogen and oxygen atoms in total. The Bertz CT molecular complexity index is 641. The molecule has 2 N–H and O–H groups in total. The Morgan fingerprint density at radius 3 is 2.62 bits per heavy atom. The predicted octanol–water partition coefficient (Wildman–Crippen LogP) is 2.88. The molecule has 3 rings (SSSR count). The fourth-order valence-corrected chi connectivity index (χ4v) is 6.16. The second kappa shape index (κ2) is 6.34. The fraction of sp³-hybridized carbons (Fsp3) is 0.538. The van der Waals surface area contributed by atoms with Crippen LogP contribution in [0.15, 0.2) is 27.6 Å². The average Bonchev–Trinajstić information content (AvgIpc) is 2.92. The number of halogens is 3. The highest BCUT2D eigenvalue weighted by Gasteiger charge is 2.45. The van der Waals surface area contributed by atoms with Gasteiger partial charge in [0.05, 0.1) is 4.90 Å². The van der Waals surface area contributed by atoms with Crippen molar-refractivity contribution < 1.29 is 8.42 Å². The summed E-state index contributed by atoms with van der Waals surface area (Å²) in [7, 11) is -3.48. The first-order chi connectivity index (χ1) is 9.39. The van der Waals surface area contributed by atoms with Gasteiger partial charge in [0.1, 0.15) is 0 Å². The summed E-state index contributed by atoms with van der Waals surface area (Å²) in [5.74, 6) is 0.710. The minimum absolute atomic E-state index is 0. The van der Waals surface area contributed by atoms with Crippen molar-refractivity contribution in [3.63, 3.8) is 0 Å². The topological polar surface area (TPSA) is 63.4 Å². The summed E-state index contributed by atoms with van der Waals surface area (Å²) in [5, 5.41) is 0.510. The van der Waals surface area contributed by atoms with Crippen LogP contribution >= 0.6 is 39.9 Å². The van der Waals surface area contributed by atoms with Gasteiger partial charge in [0.25, 0.3) is 0 Å². The molecule has 0 spiro atoms. The molecule has 21 heavy (non-hydrogen) atoms. The lowest BCUT2D eigenvalue weighted by atomic mass is 9.98. The summed E-state index contributed by atoms with van der Waals surface area (Å²) in [6, 6.07) is 4.89. The van der Waals surface area contributed by atoms with Crippen molar-refractivity contribution in [1.82, 2.24) is 4.31 Å². The molecule has 1 aliphatic heterocycles. The Balaban J connectivity index is 0.00000161. The molecule has 1 aromatic carbocycles. The molecule has 0 aromatic heterocycles. The second-order valence-corrected chi connectivity index (χ2v) is 8.76. The highest BCUT2D eigenvalue weighted by atomic mass is 79.9. The number of fused-ring (bicyclic) bond motifs is 1. The van der Waals surface area contributed by atoms with Gasteiger partial charge in [-0.1, -0.05) is 11.6 Å². The van der Waals surface area contributed by atoms with E-state index >= 15 is 0 Å². The third-order valence-corrected chi connectivity index (χ3v) is 7.43. The molecule has 1 heterocycles. The lowest BCUT2D eigenvalue weighted by molar-refractivity contribution is 0.427. The van der Waals surface area contributed by atoms with Crippen molar-refractivity contribution in [2.24, 2.45) is 17.6 Å². The van der Waals surface area contributed by atoms with Crippen LogP contribution < -0.4 is 5.73 Å². The maximum absolute atomic E-state index is 12.7. The van der Waals surface area contributed by atoms with E-state index in [0.717, 1.165) is 12.8 Å². The standard InChI is InChI=1S/C13H16BrClN2O2S.ClH/c14-11-5-9(15)2-4-13(11)20(18,19)17-6-8-1-3-12(16)10(8)7-17;/h2,4-5,8,10,12H,1,3,6-7,16H2;1H. The first-order valence-electron chi connectivity index (χ1n) is 6.60. The zero-order chi connectivity index (χ0) is 14.5. The van der Waals surface area contributed by atoms with Gasteiger partial charge >= 0.3 is 0 Å². The molecule has 2 aliphatic rings. The first-order valence-corrected chi connectivity index (χ1v) is 9.21. The molecular weight excluding hydrogens is 399 g/mol. The quantitative estimate of drug-likeness (QED) is 0.807. The van der Waals surface area contributed by atoms with Crippen LogP contribution in [-0.4, -0.2) is 31.9 Å². The van der Waals surface area contributed by atoms with E-state index in [1.807, 2.05) is 0 Å². The molecule has 3 unspecified atom stereocenters. The summed E-state index contributed by atoms with van der Waals surface area (Å²) >= 11 is 9.16. The number of hydrogen-bond acceptors (Lipinski definition) is 3. The summed E-state index contributed by atoms with van der Waals surface area (Å²) in [5.41, 5.74) is 6.07. The molecule has 0 amide bonds. The summed E-state index contributed by atoms with van der Waals surface area (Å²) in [4.78, 5) is 0.274. The van der Waals surface area contributed by atoms with Crippen LogP contribution in [0, 0.1) is 11.8 Å². The molecule has 1 saturated heterocycles. The summed E-state index contributed by atoms with van der Waals surface area (Å²) in [6.07, 6.45) is 2.04. The third-order valence-electron chi connectivity index (χ3n) is 4.39. The van der Waals surface area contributed by atoms with Crippen molar-refractivity contribution in [3.8, 4) is 0 Å². The molecule has 8 heteroatoms. The fourth-order valence-electron chi connectivity index (χ4n) is 3.29. The van der Waals surface area contributed by atoms with Crippen molar-refractivity contribution in [2.75, 3.05) is 13.1 Å². The first kappa shape index (κ1) is 17.5. The lowest BCUT2D eigenvalue weighted by Crippen LogP contribution is -2.33. The zero-order valence-electron chi connectivity index (χ0n) is 11.2. The Morgan fingerprint density at radius 2 is 2.00 bits per heavy atom. The molecule has 1 saturated carbocycles. The summed E-state index contributed by atoms with van der Waals surface area (Å²) < 4.78 is 27.5. The maximum atomic E-state index is 12.7. The minimum atomic E-state index is -3.48. The Morgan fingerprint density at radius 1 is 1.29 bits per heavy atom. The van der Waals surface area contributed by atoms with Crippen LogP contribution in [0.4, 0.5) is 0 Å². The normalized spacial score (nSPS) is 29.2. The van der Waals surface area contributed by atoms with Gasteiger partial charge in [-0.2, -0.15) is 4.31 Å². The van der Waals surface area contributed by atoms with Crippen LogP contribution in [0.25, 0.3) is 0 Å². The zero-order valence-corrected chi connectivity index (χ0v) is 15.2. The number of benzene rings is 1. The molecule has 0 bridgehead atoms. The van der Waals surface area contributed by atoms with Gasteiger partial charge < -0.3 is 5.73 Å². The SMILES string of the molecule is Cl.NC1CCC2CN(S(=O)(=O)c3ccc(Cl)cc3Br)CC12. The number of nitrogens with two attached hydrogens (primary N) is 1. The number of sulfonamides is 1. The molecule has 1 aromatic rings. The van der Waals surface area contributed by atoms with Crippen LogP contribution in [0.1, 0.15) is 12.8 Å². The van der Waals surface area contributed by atoms with Gasteiger partial charge in [-0.3, -0.25) is 0 Å². The van der Waals surface area contributed by atoms with Gasteiger partial charge in [-0.05, 0) is 58.8 Å². The van der Waals surface area contributed by atoms with E-state index in [0.29, 0.717) is 34.4 Å². The predicted molar refractivity (Wildman–Crippen MR) is 89.3 cm³/mol. The highest BCUT2D eigenvalue weighted by Crippen LogP contribution is 2.40. The van der Waals surface area contributed by atoms with Gasteiger partial charge in [-0.25, -0.2) is 8.42 Å². The van der Waals surface area contributed by atoms with Gasteiger partial charge in [0.2, 0.25) is 10.0 Å². The second-order valence-electron chi connectivity index (χ2n) is 5.56. The molecule has 2 fully saturated rings. The van der Waals surface area contributed by atoms with E-state index in [9.17, 15) is 8.42 Å².